The molecule has 0 heterocycles. The summed E-state index contributed by atoms with van der Waals surface area (Å²) in [5.74, 6) is 0.923. The fraction of sp³-hybridized carbons (Fsp3) is 0.385. The standard InChI is InChI=1S/C13H18N2S/c1-5-11-7-6-8-12(9-11)13(16)14-10(2)15(3)4/h6-9H,5H2,1-4H3/b14-10+. The summed E-state index contributed by atoms with van der Waals surface area (Å²) in [7, 11) is 3.92. The van der Waals surface area contributed by atoms with Crippen molar-refractivity contribution in [1.82, 2.24) is 4.90 Å². The molecule has 1 rings (SSSR count). The summed E-state index contributed by atoms with van der Waals surface area (Å²) in [6.45, 7) is 4.09. The molecule has 0 aliphatic rings. The monoisotopic (exact) mass is 234 g/mol. The van der Waals surface area contributed by atoms with Gasteiger partial charge in [0.15, 0.2) is 0 Å². The molecule has 0 atom stereocenters. The van der Waals surface area contributed by atoms with Crippen LogP contribution in [-0.2, 0) is 6.42 Å². The van der Waals surface area contributed by atoms with E-state index in [0.717, 1.165) is 17.8 Å². The fourth-order valence-corrected chi connectivity index (χ4v) is 1.49. The van der Waals surface area contributed by atoms with Gasteiger partial charge >= 0.3 is 0 Å². The van der Waals surface area contributed by atoms with E-state index in [0.29, 0.717) is 4.99 Å². The van der Waals surface area contributed by atoms with Crippen LogP contribution in [0.1, 0.15) is 25.0 Å². The summed E-state index contributed by atoms with van der Waals surface area (Å²) in [5.41, 5.74) is 2.31. The topological polar surface area (TPSA) is 15.6 Å². The van der Waals surface area contributed by atoms with Crippen molar-refractivity contribution < 1.29 is 0 Å². The molecule has 0 saturated heterocycles. The first kappa shape index (κ1) is 12.8. The second-order valence-corrected chi connectivity index (χ2v) is 4.30. The molecule has 86 valence electrons. The van der Waals surface area contributed by atoms with Gasteiger partial charge in [-0.05, 0) is 25.0 Å². The largest absolute Gasteiger partial charge is 0.366 e. The normalized spacial score (nSPS) is 11.4. The number of benzene rings is 1. The fourth-order valence-electron chi connectivity index (χ4n) is 1.24. The highest BCUT2D eigenvalue weighted by Crippen LogP contribution is 2.08. The lowest BCUT2D eigenvalue weighted by atomic mass is 10.1. The third-order valence-corrected chi connectivity index (χ3v) is 2.82. The van der Waals surface area contributed by atoms with Gasteiger partial charge in [0.25, 0.3) is 0 Å². The quantitative estimate of drug-likeness (QED) is 0.444. The van der Waals surface area contributed by atoms with Gasteiger partial charge in [-0.3, -0.25) is 0 Å². The highest BCUT2D eigenvalue weighted by molar-refractivity contribution is 7.80. The summed E-state index contributed by atoms with van der Waals surface area (Å²) < 4.78 is 0. The Morgan fingerprint density at radius 3 is 2.62 bits per heavy atom. The maximum atomic E-state index is 5.31. The second kappa shape index (κ2) is 5.75. The molecule has 0 amide bonds. The molecule has 0 aromatic heterocycles. The third-order valence-electron chi connectivity index (χ3n) is 2.49. The average Bonchev–Trinajstić information content (AvgIpc) is 2.28. The second-order valence-electron chi connectivity index (χ2n) is 3.91. The number of nitrogens with zero attached hydrogens (tertiary/aromatic N) is 2. The Morgan fingerprint density at radius 2 is 2.06 bits per heavy atom. The van der Waals surface area contributed by atoms with Crippen molar-refractivity contribution in [1.29, 1.82) is 0 Å². The summed E-state index contributed by atoms with van der Waals surface area (Å²) >= 11 is 5.31. The minimum Gasteiger partial charge on any atom is -0.366 e. The maximum Gasteiger partial charge on any atom is 0.135 e. The van der Waals surface area contributed by atoms with Crippen LogP contribution in [0, 0.1) is 0 Å². The van der Waals surface area contributed by atoms with E-state index < -0.39 is 0 Å². The van der Waals surface area contributed by atoms with Crippen molar-refractivity contribution in [3.63, 3.8) is 0 Å². The van der Waals surface area contributed by atoms with Crippen LogP contribution in [-0.4, -0.2) is 29.8 Å². The highest BCUT2D eigenvalue weighted by atomic mass is 32.1. The first-order valence-corrected chi connectivity index (χ1v) is 5.81. The molecule has 0 radical (unpaired) electrons. The van der Waals surface area contributed by atoms with E-state index in [9.17, 15) is 0 Å². The number of aliphatic imine (C=N–C) groups is 1. The van der Waals surface area contributed by atoms with Crippen LogP contribution in [0.25, 0.3) is 0 Å². The minimum absolute atomic E-state index is 0.654. The number of rotatable bonds is 2. The van der Waals surface area contributed by atoms with Crippen LogP contribution in [0.5, 0.6) is 0 Å². The summed E-state index contributed by atoms with van der Waals surface area (Å²) in [4.78, 5) is 7.00. The van der Waals surface area contributed by atoms with Crippen LogP contribution < -0.4 is 0 Å². The SMILES string of the molecule is CCc1cccc(C(=S)/N=C(\C)N(C)C)c1. The van der Waals surface area contributed by atoms with Gasteiger partial charge in [-0.15, -0.1) is 0 Å². The molecule has 3 heteroatoms. The van der Waals surface area contributed by atoms with Crippen molar-refractivity contribution in [2.24, 2.45) is 4.99 Å². The van der Waals surface area contributed by atoms with E-state index in [1.165, 1.54) is 5.56 Å². The molecule has 0 bridgehead atoms. The summed E-state index contributed by atoms with van der Waals surface area (Å²) in [6.07, 6.45) is 1.02. The zero-order valence-electron chi connectivity index (χ0n) is 10.3. The van der Waals surface area contributed by atoms with E-state index in [4.69, 9.17) is 12.2 Å². The van der Waals surface area contributed by atoms with E-state index in [2.05, 4.69) is 24.0 Å². The molecule has 0 unspecified atom stereocenters. The van der Waals surface area contributed by atoms with E-state index in [1.54, 1.807) is 0 Å². The lowest BCUT2D eigenvalue weighted by Gasteiger charge is -2.11. The molecule has 1 aromatic carbocycles. The maximum absolute atomic E-state index is 5.31. The highest BCUT2D eigenvalue weighted by Gasteiger charge is 2.02. The molecule has 0 N–H and O–H groups in total. The van der Waals surface area contributed by atoms with Gasteiger partial charge in [-0.25, -0.2) is 4.99 Å². The molecule has 1 aromatic rings. The number of thiocarbonyl (C=S) groups is 1. The Balaban J connectivity index is 2.92. The summed E-state index contributed by atoms with van der Waals surface area (Å²) in [5, 5.41) is 0. The Kier molecular flexibility index (Phi) is 4.62. The van der Waals surface area contributed by atoms with Gasteiger partial charge in [0.1, 0.15) is 10.8 Å². The van der Waals surface area contributed by atoms with Gasteiger partial charge in [-0.2, -0.15) is 0 Å². The van der Waals surface area contributed by atoms with Crippen molar-refractivity contribution >= 4 is 23.0 Å². The van der Waals surface area contributed by atoms with Gasteiger partial charge in [0, 0.05) is 19.7 Å². The van der Waals surface area contributed by atoms with Crippen LogP contribution >= 0.6 is 12.2 Å². The predicted octanol–water partition coefficient (Wildman–Crippen LogP) is 2.90. The van der Waals surface area contributed by atoms with Gasteiger partial charge < -0.3 is 4.90 Å². The number of amidine groups is 1. The smallest absolute Gasteiger partial charge is 0.135 e. The van der Waals surface area contributed by atoms with Crippen LogP contribution in [0.4, 0.5) is 0 Å². The number of aryl methyl sites for hydroxylation is 1. The molecule has 0 fully saturated rings. The molecule has 16 heavy (non-hydrogen) atoms. The van der Waals surface area contributed by atoms with Gasteiger partial charge in [-0.1, -0.05) is 37.3 Å². The van der Waals surface area contributed by atoms with Crippen LogP contribution in [0.2, 0.25) is 0 Å². The van der Waals surface area contributed by atoms with Crippen LogP contribution in [0.15, 0.2) is 29.3 Å². The molecule has 2 nitrogen and oxygen atoms in total. The molecule has 0 aliphatic carbocycles. The lowest BCUT2D eigenvalue weighted by molar-refractivity contribution is 0.620. The molecule has 0 aliphatic heterocycles. The molecular formula is C13H18N2S. The van der Waals surface area contributed by atoms with E-state index in [-0.39, 0.29) is 0 Å². The Hall–Kier alpha value is -1.22. The Morgan fingerprint density at radius 1 is 1.38 bits per heavy atom. The van der Waals surface area contributed by atoms with Crippen LogP contribution in [0.3, 0.4) is 0 Å². The first-order chi connectivity index (χ1) is 7.54. The first-order valence-electron chi connectivity index (χ1n) is 5.40. The van der Waals surface area contributed by atoms with Crippen molar-refractivity contribution in [2.75, 3.05) is 14.1 Å². The molecule has 0 spiro atoms. The van der Waals surface area contributed by atoms with Gasteiger partial charge in [0.2, 0.25) is 0 Å². The zero-order chi connectivity index (χ0) is 12.1. The van der Waals surface area contributed by atoms with Crippen molar-refractivity contribution in [2.45, 2.75) is 20.3 Å². The van der Waals surface area contributed by atoms with Gasteiger partial charge in [0.05, 0.1) is 0 Å². The Bertz CT molecular complexity index is 408. The minimum atomic E-state index is 0.654. The molecular weight excluding hydrogens is 216 g/mol. The third kappa shape index (κ3) is 3.42. The van der Waals surface area contributed by atoms with Crippen molar-refractivity contribution in [3.8, 4) is 0 Å². The number of hydrogen-bond donors (Lipinski definition) is 0. The lowest BCUT2D eigenvalue weighted by Crippen LogP contribution is -2.19. The van der Waals surface area contributed by atoms with E-state index in [1.807, 2.05) is 38.1 Å². The average molecular weight is 234 g/mol. The Labute approximate surface area is 103 Å². The summed E-state index contributed by atoms with van der Waals surface area (Å²) in [6, 6.07) is 8.25. The predicted molar refractivity (Wildman–Crippen MR) is 74.3 cm³/mol. The van der Waals surface area contributed by atoms with E-state index >= 15 is 0 Å². The zero-order valence-corrected chi connectivity index (χ0v) is 11.1. The van der Waals surface area contributed by atoms with Crippen molar-refractivity contribution in [3.05, 3.63) is 35.4 Å². The number of hydrogen-bond acceptors (Lipinski definition) is 1. The molecule has 0 saturated carbocycles.